The van der Waals surface area contributed by atoms with Crippen molar-refractivity contribution in [1.29, 1.82) is 0 Å². The van der Waals surface area contributed by atoms with E-state index in [0.717, 1.165) is 5.56 Å². The molecule has 0 saturated heterocycles. The van der Waals surface area contributed by atoms with Gasteiger partial charge in [0.15, 0.2) is 6.29 Å². The van der Waals surface area contributed by atoms with E-state index >= 15 is 0 Å². The van der Waals surface area contributed by atoms with Crippen LogP contribution >= 0.6 is 0 Å². The second-order valence-electron chi connectivity index (χ2n) is 3.38. The van der Waals surface area contributed by atoms with E-state index in [1.165, 1.54) is 7.11 Å². The molecule has 1 rings (SSSR count). The predicted octanol–water partition coefficient (Wildman–Crippen LogP) is 1.95. The third kappa shape index (κ3) is 4.00. The molecule has 0 saturated carbocycles. The molecule has 0 aromatic heterocycles. The Hall–Kier alpha value is -0.900. The van der Waals surface area contributed by atoms with Crippen molar-refractivity contribution in [3.05, 3.63) is 35.9 Å². The highest BCUT2D eigenvalue weighted by Gasteiger charge is 2.16. The zero-order valence-corrected chi connectivity index (χ0v) is 9.22. The van der Waals surface area contributed by atoms with Crippen LogP contribution < -0.4 is 0 Å². The van der Waals surface area contributed by atoms with E-state index in [1.54, 1.807) is 0 Å². The van der Waals surface area contributed by atoms with Gasteiger partial charge in [0.1, 0.15) is 6.10 Å². The first-order valence-corrected chi connectivity index (χ1v) is 5.14. The largest absolute Gasteiger partial charge is 0.388 e. The van der Waals surface area contributed by atoms with Gasteiger partial charge >= 0.3 is 0 Å². The third-order valence-electron chi connectivity index (χ3n) is 2.22. The molecule has 0 radical (unpaired) electrons. The van der Waals surface area contributed by atoms with Crippen molar-refractivity contribution in [2.45, 2.75) is 32.3 Å². The fraction of sp³-hybridized carbons (Fsp3) is 0.500. The predicted molar refractivity (Wildman–Crippen MR) is 58.3 cm³/mol. The molecule has 0 aliphatic heterocycles. The number of rotatable bonds is 6. The summed E-state index contributed by atoms with van der Waals surface area (Å²) in [5.41, 5.74) is 1.07. The molecular formula is C12H18O3. The molecule has 0 bridgehead atoms. The molecule has 0 heterocycles. The summed E-state index contributed by atoms with van der Waals surface area (Å²) in [6.45, 7) is 2.35. The normalized spacial score (nSPS) is 14.9. The van der Waals surface area contributed by atoms with E-state index in [-0.39, 0.29) is 0 Å². The average Bonchev–Trinajstić information content (AvgIpc) is 2.31. The van der Waals surface area contributed by atoms with E-state index in [2.05, 4.69) is 0 Å². The molecule has 0 aliphatic carbocycles. The van der Waals surface area contributed by atoms with E-state index in [0.29, 0.717) is 13.0 Å². The number of hydrogen-bond acceptors (Lipinski definition) is 3. The van der Waals surface area contributed by atoms with Crippen LogP contribution in [0.3, 0.4) is 0 Å². The Balaban J connectivity index is 2.41. The van der Waals surface area contributed by atoms with Gasteiger partial charge in [-0.05, 0) is 12.0 Å². The summed E-state index contributed by atoms with van der Waals surface area (Å²) in [7, 11) is 1.54. The maximum absolute atomic E-state index is 9.55. The molecule has 0 amide bonds. The van der Waals surface area contributed by atoms with Crippen molar-refractivity contribution in [3.8, 4) is 0 Å². The van der Waals surface area contributed by atoms with Crippen molar-refractivity contribution in [2.75, 3.05) is 7.11 Å². The first-order chi connectivity index (χ1) is 7.27. The smallest absolute Gasteiger partial charge is 0.183 e. The molecule has 3 heteroatoms. The summed E-state index contributed by atoms with van der Waals surface area (Å²) in [5.74, 6) is 0. The zero-order valence-electron chi connectivity index (χ0n) is 9.22. The van der Waals surface area contributed by atoms with Gasteiger partial charge in [-0.15, -0.1) is 0 Å². The SMILES string of the molecule is CCC(O)C(OC)OCc1ccccc1. The molecule has 1 N–H and O–H groups in total. The Morgan fingerprint density at radius 3 is 2.47 bits per heavy atom. The van der Waals surface area contributed by atoms with Gasteiger partial charge in [-0.1, -0.05) is 37.3 Å². The van der Waals surface area contributed by atoms with Gasteiger partial charge in [-0.3, -0.25) is 0 Å². The number of hydrogen-bond donors (Lipinski definition) is 1. The highest BCUT2D eigenvalue weighted by atomic mass is 16.7. The van der Waals surface area contributed by atoms with E-state index in [9.17, 15) is 5.11 Å². The fourth-order valence-corrected chi connectivity index (χ4v) is 1.28. The van der Waals surface area contributed by atoms with Crippen LogP contribution in [0.5, 0.6) is 0 Å². The van der Waals surface area contributed by atoms with Gasteiger partial charge in [0.05, 0.1) is 6.61 Å². The molecule has 0 aliphatic rings. The highest BCUT2D eigenvalue weighted by Crippen LogP contribution is 2.08. The number of ether oxygens (including phenoxy) is 2. The lowest BCUT2D eigenvalue weighted by Crippen LogP contribution is -2.30. The van der Waals surface area contributed by atoms with Gasteiger partial charge in [0.2, 0.25) is 0 Å². The molecular weight excluding hydrogens is 192 g/mol. The van der Waals surface area contributed by atoms with E-state index in [4.69, 9.17) is 9.47 Å². The van der Waals surface area contributed by atoms with Crippen LogP contribution in [0, 0.1) is 0 Å². The van der Waals surface area contributed by atoms with Crippen LogP contribution in [-0.4, -0.2) is 24.6 Å². The molecule has 84 valence electrons. The van der Waals surface area contributed by atoms with Crippen molar-refractivity contribution < 1.29 is 14.6 Å². The minimum absolute atomic E-state index is 0.455. The van der Waals surface area contributed by atoms with Crippen LogP contribution in [0.4, 0.5) is 0 Å². The highest BCUT2D eigenvalue weighted by molar-refractivity contribution is 5.13. The summed E-state index contributed by atoms with van der Waals surface area (Å²) in [5, 5.41) is 9.55. The molecule has 0 fully saturated rings. The van der Waals surface area contributed by atoms with E-state index in [1.807, 2.05) is 37.3 Å². The number of benzene rings is 1. The second kappa shape index (κ2) is 6.56. The Bertz CT molecular complexity index is 261. The Morgan fingerprint density at radius 1 is 1.27 bits per heavy atom. The van der Waals surface area contributed by atoms with Gasteiger partial charge in [-0.2, -0.15) is 0 Å². The Kier molecular flexibility index (Phi) is 5.32. The van der Waals surface area contributed by atoms with Crippen LogP contribution in [0.1, 0.15) is 18.9 Å². The molecule has 1 aromatic carbocycles. The number of aliphatic hydroxyl groups excluding tert-OH is 1. The summed E-state index contributed by atoms with van der Waals surface area (Å²) in [6.07, 6.45) is -0.498. The van der Waals surface area contributed by atoms with Crippen molar-refractivity contribution in [3.63, 3.8) is 0 Å². The number of methoxy groups -OCH3 is 1. The van der Waals surface area contributed by atoms with Gasteiger partial charge in [0.25, 0.3) is 0 Å². The second-order valence-corrected chi connectivity index (χ2v) is 3.38. The van der Waals surface area contributed by atoms with E-state index < -0.39 is 12.4 Å². The summed E-state index contributed by atoms with van der Waals surface area (Å²) >= 11 is 0. The molecule has 15 heavy (non-hydrogen) atoms. The molecule has 3 nitrogen and oxygen atoms in total. The van der Waals surface area contributed by atoms with Gasteiger partial charge in [0, 0.05) is 7.11 Å². The maximum atomic E-state index is 9.55. The lowest BCUT2D eigenvalue weighted by Gasteiger charge is -2.20. The van der Waals surface area contributed by atoms with Crippen LogP contribution in [-0.2, 0) is 16.1 Å². The summed E-state index contributed by atoms with van der Waals surface area (Å²) < 4.78 is 10.5. The Labute approximate surface area is 90.6 Å². The third-order valence-corrected chi connectivity index (χ3v) is 2.22. The standard InChI is InChI=1S/C12H18O3/c1-3-11(13)12(14-2)15-9-10-7-5-4-6-8-10/h4-8,11-13H,3,9H2,1-2H3. The number of aliphatic hydroxyl groups is 1. The van der Waals surface area contributed by atoms with Crippen molar-refractivity contribution in [1.82, 2.24) is 0 Å². The molecule has 2 atom stereocenters. The molecule has 0 spiro atoms. The van der Waals surface area contributed by atoms with Gasteiger partial charge < -0.3 is 14.6 Å². The zero-order chi connectivity index (χ0) is 11.1. The fourth-order valence-electron chi connectivity index (χ4n) is 1.28. The summed E-state index contributed by atoms with van der Waals surface area (Å²) in [4.78, 5) is 0. The van der Waals surface area contributed by atoms with Gasteiger partial charge in [-0.25, -0.2) is 0 Å². The van der Waals surface area contributed by atoms with Crippen LogP contribution in [0.2, 0.25) is 0 Å². The lowest BCUT2D eigenvalue weighted by molar-refractivity contribution is -0.186. The minimum Gasteiger partial charge on any atom is -0.388 e. The van der Waals surface area contributed by atoms with Crippen LogP contribution in [0.25, 0.3) is 0 Å². The average molecular weight is 210 g/mol. The first-order valence-electron chi connectivity index (χ1n) is 5.14. The quantitative estimate of drug-likeness (QED) is 0.729. The Morgan fingerprint density at radius 2 is 1.93 bits per heavy atom. The first kappa shape index (κ1) is 12.2. The van der Waals surface area contributed by atoms with Crippen molar-refractivity contribution in [2.24, 2.45) is 0 Å². The molecule has 2 unspecified atom stereocenters. The van der Waals surface area contributed by atoms with Crippen LogP contribution in [0.15, 0.2) is 30.3 Å². The summed E-state index contributed by atoms with van der Waals surface area (Å²) in [6, 6.07) is 9.82. The maximum Gasteiger partial charge on any atom is 0.183 e. The monoisotopic (exact) mass is 210 g/mol. The molecule has 1 aromatic rings. The minimum atomic E-state index is -0.571. The van der Waals surface area contributed by atoms with Crippen molar-refractivity contribution >= 4 is 0 Å². The topological polar surface area (TPSA) is 38.7 Å². The lowest BCUT2D eigenvalue weighted by atomic mass is 10.2.